The average Bonchev–Trinajstić information content (AvgIpc) is 3.14. The number of methoxy groups -OCH3 is 1. The highest BCUT2D eigenvalue weighted by atomic mass is 79.9. The number of benzene rings is 3. The molecule has 1 aliphatic heterocycles. The van der Waals surface area contributed by atoms with Gasteiger partial charge >= 0.3 is 0 Å². The number of halogens is 1. The average molecular weight is 407 g/mol. The highest BCUT2D eigenvalue weighted by Gasteiger charge is 2.29. The van der Waals surface area contributed by atoms with E-state index in [1.165, 1.54) is 11.1 Å². The molecule has 0 amide bonds. The Bertz CT molecular complexity index is 922. The van der Waals surface area contributed by atoms with Crippen LogP contribution >= 0.6 is 15.9 Å². The fourth-order valence-corrected chi connectivity index (χ4v) is 3.64. The first kappa shape index (κ1) is 16.9. The molecule has 4 rings (SSSR count). The molecule has 1 atom stereocenters. The summed E-state index contributed by atoms with van der Waals surface area (Å²) in [6, 6.07) is 27.1. The van der Waals surface area contributed by atoms with Crippen molar-refractivity contribution in [2.45, 2.75) is 12.5 Å². The molecular formula is C22H19BrN2O. The standard InChI is InChI=1S/C22H19BrN2O/c1-26-20-12-10-17(11-13-20)22-15-21(16-6-3-2-4-7-16)24-25(22)19-9-5-8-18(23)14-19/h2-14,22H,15H2,1H3/t22-/m0/s1. The van der Waals surface area contributed by atoms with E-state index in [1.54, 1.807) is 7.11 Å². The second kappa shape index (κ2) is 7.34. The van der Waals surface area contributed by atoms with Crippen molar-refractivity contribution in [3.05, 3.63) is 94.5 Å². The number of rotatable bonds is 4. The Balaban J connectivity index is 1.74. The van der Waals surface area contributed by atoms with E-state index in [0.29, 0.717) is 0 Å². The summed E-state index contributed by atoms with van der Waals surface area (Å²) in [4.78, 5) is 0. The van der Waals surface area contributed by atoms with E-state index in [9.17, 15) is 0 Å². The molecule has 0 radical (unpaired) electrons. The summed E-state index contributed by atoms with van der Waals surface area (Å²) in [5, 5.41) is 7.09. The molecule has 0 N–H and O–H groups in total. The second-order valence-electron chi connectivity index (χ2n) is 6.23. The van der Waals surface area contributed by atoms with Gasteiger partial charge in [-0.2, -0.15) is 5.10 Å². The normalized spacial score (nSPS) is 16.5. The van der Waals surface area contributed by atoms with Crippen LogP contribution in [0.25, 0.3) is 0 Å². The summed E-state index contributed by atoms with van der Waals surface area (Å²) in [6.45, 7) is 0. The van der Waals surface area contributed by atoms with Crippen molar-refractivity contribution < 1.29 is 4.74 Å². The van der Waals surface area contributed by atoms with Gasteiger partial charge in [0.15, 0.2) is 0 Å². The molecule has 3 aromatic rings. The molecule has 0 saturated carbocycles. The summed E-state index contributed by atoms with van der Waals surface area (Å²) in [6.07, 6.45) is 0.864. The van der Waals surface area contributed by atoms with Gasteiger partial charge in [-0.05, 0) is 41.5 Å². The van der Waals surface area contributed by atoms with Gasteiger partial charge in [-0.3, -0.25) is 5.01 Å². The molecule has 0 unspecified atom stereocenters. The lowest BCUT2D eigenvalue weighted by atomic mass is 9.98. The first-order valence-corrected chi connectivity index (χ1v) is 9.35. The maximum absolute atomic E-state index is 5.30. The number of hydrogen-bond acceptors (Lipinski definition) is 3. The van der Waals surface area contributed by atoms with Crippen molar-refractivity contribution >= 4 is 27.3 Å². The van der Waals surface area contributed by atoms with E-state index in [-0.39, 0.29) is 6.04 Å². The maximum Gasteiger partial charge on any atom is 0.118 e. The topological polar surface area (TPSA) is 24.8 Å². The number of hydrazone groups is 1. The molecule has 0 spiro atoms. The maximum atomic E-state index is 5.30. The largest absolute Gasteiger partial charge is 0.497 e. The van der Waals surface area contributed by atoms with Gasteiger partial charge in [0.2, 0.25) is 0 Å². The Morgan fingerprint density at radius 2 is 1.73 bits per heavy atom. The monoisotopic (exact) mass is 406 g/mol. The molecule has 1 aliphatic rings. The van der Waals surface area contributed by atoms with Gasteiger partial charge in [0.05, 0.1) is 24.6 Å². The van der Waals surface area contributed by atoms with Crippen LogP contribution in [0.1, 0.15) is 23.6 Å². The summed E-state index contributed by atoms with van der Waals surface area (Å²) in [5.74, 6) is 0.866. The molecule has 1 heterocycles. The summed E-state index contributed by atoms with van der Waals surface area (Å²) in [5.41, 5.74) is 4.57. The molecule has 0 aliphatic carbocycles. The molecule has 3 nitrogen and oxygen atoms in total. The zero-order chi connectivity index (χ0) is 17.9. The minimum Gasteiger partial charge on any atom is -0.497 e. The summed E-state index contributed by atoms with van der Waals surface area (Å²) >= 11 is 3.57. The molecule has 26 heavy (non-hydrogen) atoms. The van der Waals surface area contributed by atoms with Gasteiger partial charge in [0, 0.05) is 10.9 Å². The van der Waals surface area contributed by atoms with Crippen molar-refractivity contribution in [2.24, 2.45) is 5.10 Å². The Morgan fingerprint density at radius 1 is 0.962 bits per heavy atom. The minimum absolute atomic E-state index is 0.158. The van der Waals surface area contributed by atoms with Crippen LogP contribution in [0, 0.1) is 0 Å². The van der Waals surface area contributed by atoms with Crippen molar-refractivity contribution in [3.63, 3.8) is 0 Å². The lowest BCUT2D eigenvalue weighted by Crippen LogP contribution is -2.18. The Labute approximate surface area is 162 Å². The molecule has 0 aromatic heterocycles. The molecule has 3 aromatic carbocycles. The van der Waals surface area contributed by atoms with Gasteiger partial charge in [-0.1, -0.05) is 64.5 Å². The molecular weight excluding hydrogens is 388 g/mol. The fraction of sp³-hybridized carbons (Fsp3) is 0.136. The fourth-order valence-electron chi connectivity index (χ4n) is 3.26. The number of anilines is 1. The van der Waals surface area contributed by atoms with Gasteiger partial charge in [0.1, 0.15) is 5.75 Å². The van der Waals surface area contributed by atoms with Crippen LogP contribution in [0.5, 0.6) is 5.75 Å². The van der Waals surface area contributed by atoms with Gasteiger partial charge in [0.25, 0.3) is 0 Å². The Morgan fingerprint density at radius 3 is 2.42 bits per heavy atom. The van der Waals surface area contributed by atoms with Crippen LogP contribution in [-0.2, 0) is 0 Å². The highest BCUT2D eigenvalue weighted by Crippen LogP contribution is 2.37. The lowest BCUT2D eigenvalue weighted by molar-refractivity contribution is 0.414. The number of hydrogen-bond donors (Lipinski definition) is 0. The van der Waals surface area contributed by atoms with Crippen LogP contribution in [-0.4, -0.2) is 12.8 Å². The van der Waals surface area contributed by atoms with E-state index < -0.39 is 0 Å². The van der Waals surface area contributed by atoms with Gasteiger partial charge in [-0.15, -0.1) is 0 Å². The van der Waals surface area contributed by atoms with Crippen molar-refractivity contribution in [1.82, 2.24) is 0 Å². The van der Waals surface area contributed by atoms with Crippen molar-refractivity contribution in [3.8, 4) is 5.75 Å². The molecule has 4 heteroatoms. The Hall–Kier alpha value is -2.59. The molecule has 0 fully saturated rings. The summed E-state index contributed by atoms with van der Waals surface area (Å²) in [7, 11) is 1.69. The van der Waals surface area contributed by atoms with E-state index in [4.69, 9.17) is 9.84 Å². The highest BCUT2D eigenvalue weighted by molar-refractivity contribution is 9.10. The third-order valence-corrected chi connectivity index (χ3v) is 5.08. The minimum atomic E-state index is 0.158. The van der Waals surface area contributed by atoms with Gasteiger partial charge < -0.3 is 4.74 Å². The second-order valence-corrected chi connectivity index (χ2v) is 7.15. The Kier molecular flexibility index (Phi) is 4.76. The zero-order valence-corrected chi connectivity index (χ0v) is 16.1. The smallest absolute Gasteiger partial charge is 0.118 e. The van der Waals surface area contributed by atoms with E-state index in [0.717, 1.165) is 28.0 Å². The third-order valence-electron chi connectivity index (χ3n) is 4.59. The first-order valence-electron chi connectivity index (χ1n) is 8.56. The number of ether oxygens (including phenoxy) is 1. The molecule has 0 saturated heterocycles. The number of nitrogens with zero attached hydrogens (tertiary/aromatic N) is 2. The van der Waals surface area contributed by atoms with E-state index in [1.807, 2.05) is 30.3 Å². The predicted molar refractivity (Wildman–Crippen MR) is 110 cm³/mol. The van der Waals surface area contributed by atoms with Crippen molar-refractivity contribution in [2.75, 3.05) is 12.1 Å². The van der Waals surface area contributed by atoms with Crippen LogP contribution < -0.4 is 9.75 Å². The van der Waals surface area contributed by atoms with E-state index in [2.05, 4.69) is 69.5 Å². The van der Waals surface area contributed by atoms with E-state index >= 15 is 0 Å². The summed E-state index contributed by atoms with van der Waals surface area (Å²) < 4.78 is 6.35. The van der Waals surface area contributed by atoms with Crippen LogP contribution in [0.3, 0.4) is 0 Å². The molecule has 0 bridgehead atoms. The lowest BCUT2D eigenvalue weighted by Gasteiger charge is -2.24. The first-order chi connectivity index (χ1) is 12.7. The molecule has 130 valence electrons. The third kappa shape index (κ3) is 3.37. The van der Waals surface area contributed by atoms with Gasteiger partial charge in [-0.25, -0.2) is 0 Å². The van der Waals surface area contributed by atoms with Crippen LogP contribution in [0.2, 0.25) is 0 Å². The van der Waals surface area contributed by atoms with Crippen molar-refractivity contribution in [1.29, 1.82) is 0 Å². The SMILES string of the molecule is COc1ccc([C@@H]2CC(c3ccccc3)=NN2c2cccc(Br)c2)cc1. The van der Waals surface area contributed by atoms with Crippen LogP contribution in [0.15, 0.2) is 88.4 Å². The zero-order valence-electron chi connectivity index (χ0n) is 14.5. The predicted octanol–water partition coefficient (Wildman–Crippen LogP) is 5.81. The quantitative estimate of drug-likeness (QED) is 0.545. The van der Waals surface area contributed by atoms with Crippen LogP contribution in [0.4, 0.5) is 5.69 Å².